The van der Waals surface area contributed by atoms with Gasteiger partial charge in [-0.1, -0.05) is 20.8 Å². The number of thiazole rings is 1. The quantitative estimate of drug-likeness (QED) is 0.730. The molecule has 0 spiro atoms. The molecule has 1 aromatic heterocycles. The van der Waals surface area contributed by atoms with Gasteiger partial charge in [-0.15, -0.1) is 11.3 Å². The fraction of sp³-hybridized carbons (Fsp3) is 0.800. The Bertz CT molecular complexity index is 349. The lowest BCUT2D eigenvalue weighted by Crippen LogP contribution is -2.25. The van der Waals surface area contributed by atoms with E-state index < -0.39 is 0 Å². The molecule has 3 N–H and O–H groups in total. The Balaban J connectivity index is 2.31. The SMILES string of the molecule is CCc1cnc(C(C)NCCC(CN)CC(C)C)s1. The van der Waals surface area contributed by atoms with Gasteiger partial charge in [0.1, 0.15) is 5.01 Å². The van der Waals surface area contributed by atoms with Crippen LogP contribution in [0.4, 0.5) is 0 Å². The summed E-state index contributed by atoms with van der Waals surface area (Å²) < 4.78 is 0. The van der Waals surface area contributed by atoms with Crippen LogP contribution in [0.3, 0.4) is 0 Å². The van der Waals surface area contributed by atoms with Gasteiger partial charge in [-0.2, -0.15) is 0 Å². The minimum atomic E-state index is 0.350. The number of nitrogens with one attached hydrogen (secondary N) is 1. The summed E-state index contributed by atoms with van der Waals surface area (Å²) in [6.45, 7) is 10.7. The van der Waals surface area contributed by atoms with Gasteiger partial charge in [-0.05, 0) is 51.1 Å². The Morgan fingerprint density at radius 3 is 2.63 bits per heavy atom. The van der Waals surface area contributed by atoms with Crippen LogP contribution in [0.2, 0.25) is 0 Å². The summed E-state index contributed by atoms with van der Waals surface area (Å²) in [5, 5.41) is 4.77. The van der Waals surface area contributed by atoms with E-state index in [-0.39, 0.29) is 0 Å². The van der Waals surface area contributed by atoms with E-state index in [2.05, 4.69) is 38.0 Å². The maximum absolute atomic E-state index is 5.83. The zero-order valence-corrected chi connectivity index (χ0v) is 13.6. The standard InChI is InChI=1S/C15H29N3S/c1-5-14-10-18-15(19-14)12(4)17-7-6-13(9-16)8-11(2)3/h10-13,17H,5-9,16H2,1-4H3. The number of hydrogen-bond acceptors (Lipinski definition) is 4. The summed E-state index contributed by atoms with van der Waals surface area (Å²) in [6.07, 6.45) is 5.46. The molecule has 2 atom stereocenters. The summed E-state index contributed by atoms with van der Waals surface area (Å²) in [5.41, 5.74) is 5.83. The van der Waals surface area contributed by atoms with Crippen molar-refractivity contribution in [3.63, 3.8) is 0 Å². The van der Waals surface area contributed by atoms with E-state index in [1.165, 1.54) is 16.3 Å². The number of nitrogens with zero attached hydrogens (tertiary/aromatic N) is 1. The highest BCUT2D eigenvalue weighted by Crippen LogP contribution is 2.20. The Hall–Kier alpha value is -0.450. The van der Waals surface area contributed by atoms with E-state index >= 15 is 0 Å². The Labute approximate surface area is 122 Å². The van der Waals surface area contributed by atoms with Gasteiger partial charge in [0.2, 0.25) is 0 Å². The highest BCUT2D eigenvalue weighted by atomic mass is 32.1. The van der Waals surface area contributed by atoms with Gasteiger partial charge in [0, 0.05) is 11.1 Å². The van der Waals surface area contributed by atoms with E-state index in [4.69, 9.17) is 5.73 Å². The first-order valence-electron chi connectivity index (χ1n) is 7.44. The fourth-order valence-electron chi connectivity index (χ4n) is 2.28. The van der Waals surface area contributed by atoms with E-state index in [1.807, 2.05) is 17.5 Å². The molecule has 3 nitrogen and oxygen atoms in total. The molecule has 1 aromatic rings. The molecule has 0 amide bonds. The van der Waals surface area contributed by atoms with Crippen molar-refractivity contribution in [2.75, 3.05) is 13.1 Å². The van der Waals surface area contributed by atoms with Crippen molar-refractivity contribution in [2.45, 2.75) is 53.0 Å². The van der Waals surface area contributed by atoms with Crippen molar-refractivity contribution in [2.24, 2.45) is 17.6 Å². The Morgan fingerprint density at radius 2 is 2.11 bits per heavy atom. The lowest BCUT2D eigenvalue weighted by atomic mass is 9.94. The molecule has 19 heavy (non-hydrogen) atoms. The van der Waals surface area contributed by atoms with Crippen LogP contribution < -0.4 is 11.1 Å². The third-order valence-corrected chi connectivity index (χ3v) is 4.76. The van der Waals surface area contributed by atoms with E-state index in [0.717, 1.165) is 31.8 Å². The Kier molecular flexibility index (Phi) is 7.57. The molecular weight excluding hydrogens is 254 g/mol. The summed E-state index contributed by atoms with van der Waals surface area (Å²) in [5.74, 6) is 1.37. The molecule has 0 aliphatic carbocycles. The van der Waals surface area contributed by atoms with Crippen LogP contribution in [0.15, 0.2) is 6.20 Å². The number of aromatic nitrogens is 1. The second-order valence-electron chi connectivity index (χ2n) is 5.71. The summed E-state index contributed by atoms with van der Waals surface area (Å²) in [6, 6.07) is 0.350. The molecule has 0 bridgehead atoms. The molecule has 0 aromatic carbocycles. The van der Waals surface area contributed by atoms with Crippen LogP contribution in [-0.4, -0.2) is 18.1 Å². The van der Waals surface area contributed by atoms with Crippen molar-refractivity contribution in [3.8, 4) is 0 Å². The second kappa shape index (κ2) is 8.67. The smallest absolute Gasteiger partial charge is 0.109 e. The van der Waals surface area contributed by atoms with Crippen LogP contribution in [0.25, 0.3) is 0 Å². The molecule has 110 valence electrons. The second-order valence-corrected chi connectivity index (χ2v) is 6.86. The number of hydrogen-bond donors (Lipinski definition) is 2. The third kappa shape index (κ3) is 6.02. The topological polar surface area (TPSA) is 50.9 Å². The highest BCUT2D eigenvalue weighted by Gasteiger charge is 2.12. The summed E-state index contributed by atoms with van der Waals surface area (Å²) >= 11 is 1.82. The van der Waals surface area contributed by atoms with Crippen LogP contribution in [0.1, 0.15) is 56.5 Å². The molecular formula is C15H29N3S. The van der Waals surface area contributed by atoms with Gasteiger partial charge < -0.3 is 11.1 Å². The van der Waals surface area contributed by atoms with Gasteiger partial charge >= 0.3 is 0 Å². The van der Waals surface area contributed by atoms with Crippen LogP contribution in [0.5, 0.6) is 0 Å². The lowest BCUT2D eigenvalue weighted by molar-refractivity contribution is 0.378. The maximum atomic E-state index is 5.83. The first-order valence-corrected chi connectivity index (χ1v) is 8.26. The zero-order valence-electron chi connectivity index (χ0n) is 12.8. The molecule has 4 heteroatoms. The van der Waals surface area contributed by atoms with Gasteiger partial charge in [0.25, 0.3) is 0 Å². The minimum Gasteiger partial charge on any atom is -0.330 e. The minimum absolute atomic E-state index is 0.350. The first-order chi connectivity index (χ1) is 9.06. The van der Waals surface area contributed by atoms with E-state index in [9.17, 15) is 0 Å². The predicted octanol–water partition coefficient (Wildman–Crippen LogP) is 3.37. The van der Waals surface area contributed by atoms with Gasteiger partial charge in [0.05, 0.1) is 6.04 Å². The molecule has 0 saturated carbocycles. The average Bonchev–Trinajstić information content (AvgIpc) is 2.85. The van der Waals surface area contributed by atoms with Crippen molar-refractivity contribution in [1.29, 1.82) is 0 Å². The molecule has 0 saturated heterocycles. The van der Waals surface area contributed by atoms with Crippen molar-refractivity contribution in [3.05, 3.63) is 16.1 Å². The average molecular weight is 283 g/mol. The highest BCUT2D eigenvalue weighted by molar-refractivity contribution is 7.11. The molecule has 0 aliphatic rings. The monoisotopic (exact) mass is 283 g/mol. The number of nitrogens with two attached hydrogens (primary N) is 1. The molecule has 1 heterocycles. The third-order valence-electron chi connectivity index (χ3n) is 3.43. The molecule has 0 aliphatic heterocycles. The van der Waals surface area contributed by atoms with Crippen LogP contribution in [0, 0.1) is 11.8 Å². The lowest BCUT2D eigenvalue weighted by Gasteiger charge is -2.18. The van der Waals surface area contributed by atoms with Crippen molar-refractivity contribution >= 4 is 11.3 Å². The van der Waals surface area contributed by atoms with Crippen LogP contribution in [-0.2, 0) is 6.42 Å². The van der Waals surface area contributed by atoms with E-state index in [0.29, 0.717) is 12.0 Å². The predicted molar refractivity (Wildman–Crippen MR) is 84.5 cm³/mol. The molecule has 0 fully saturated rings. The maximum Gasteiger partial charge on any atom is 0.109 e. The summed E-state index contributed by atoms with van der Waals surface area (Å²) in [4.78, 5) is 5.85. The van der Waals surface area contributed by atoms with Gasteiger partial charge in [0.15, 0.2) is 0 Å². The molecule has 1 rings (SSSR count). The van der Waals surface area contributed by atoms with Gasteiger partial charge in [-0.3, -0.25) is 0 Å². The fourth-order valence-corrected chi connectivity index (χ4v) is 3.16. The molecule has 2 unspecified atom stereocenters. The van der Waals surface area contributed by atoms with E-state index in [1.54, 1.807) is 0 Å². The van der Waals surface area contributed by atoms with Crippen molar-refractivity contribution in [1.82, 2.24) is 10.3 Å². The number of rotatable bonds is 9. The largest absolute Gasteiger partial charge is 0.330 e. The first kappa shape index (κ1) is 16.6. The Morgan fingerprint density at radius 1 is 1.37 bits per heavy atom. The normalized spacial score (nSPS) is 14.8. The number of aryl methyl sites for hydroxylation is 1. The van der Waals surface area contributed by atoms with Crippen molar-refractivity contribution < 1.29 is 0 Å². The van der Waals surface area contributed by atoms with Crippen LogP contribution >= 0.6 is 11.3 Å². The summed E-state index contributed by atoms with van der Waals surface area (Å²) in [7, 11) is 0. The van der Waals surface area contributed by atoms with Gasteiger partial charge in [-0.25, -0.2) is 4.98 Å². The zero-order chi connectivity index (χ0) is 14.3. The molecule has 0 radical (unpaired) electrons.